The first kappa shape index (κ1) is 15.8. The lowest BCUT2D eigenvalue weighted by Crippen LogP contribution is -2.34. The maximum atomic E-state index is 12.3. The second-order valence-electron chi connectivity index (χ2n) is 6.50. The summed E-state index contributed by atoms with van der Waals surface area (Å²) < 4.78 is 6.65. The van der Waals surface area contributed by atoms with Crippen molar-refractivity contribution in [2.75, 3.05) is 19.7 Å². The van der Waals surface area contributed by atoms with Crippen LogP contribution in [0.1, 0.15) is 24.8 Å². The Labute approximate surface area is 140 Å². The van der Waals surface area contributed by atoms with E-state index in [-0.39, 0.29) is 11.9 Å². The van der Waals surface area contributed by atoms with E-state index in [4.69, 9.17) is 10.5 Å². The van der Waals surface area contributed by atoms with Gasteiger partial charge in [0, 0.05) is 19.1 Å². The summed E-state index contributed by atoms with van der Waals surface area (Å²) in [6.07, 6.45) is 2.71. The van der Waals surface area contributed by atoms with Gasteiger partial charge in [-0.05, 0) is 65.2 Å². The molecule has 1 saturated heterocycles. The summed E-state index contributed by atoms with van der Waals surface area (Å²) >= 11 is 3.49. The van der Waals surface area contributed by atoms with Crippen LogP contribution in [0, 0.1) is 18.8 Å². The Morgan fingerprint density at radius 3 is 2.95 bits per heavy atom. The lowest BCUT2D eigenvalue weighted by molar-refractivity contribution is -0.131. The number of amides is 1. The van der Waals surface area contributed by atoms with E-state index in [1.54, 1.807) is 0 Å². The van der Waals surface area contributed by atoms with Crippen molar-refractivity contribution >= 4 is 21.8 Å². The number of carbonyl (C=O) groups excluding carboxylic acids is 1. The predicted octanol–water partition coefficient (Wildman–Crippen LogP) is 2.72. The maximum absolute atomic E-state index is 12.3. The Kier molecular flexibility index (Phi) is 4.73. The molecule has 3 atom stereocenters. The summed E-state index contributed by atoms with van der Waals surface area (Å²) in [5.74, 6) is 2.10. The number of rotatable bonds is 4. The Morgan fingerprint density at radius 1 is 1.41 bits per heavy atom. The van der Waals surface area contributed by atoms with Gasteiger partial charge in [0.1, 0.15) is 5.75 Å². The van der Waals surface area contributed by atoms with Crippen molar-refractivity contribution in [1.82, 2.24) is 4.90 Å². The van der Waals surface area contributed by atoms with Crippen LogP contribution in [0.2, 0.25) is 0 Å². The van der Waals surface area contributed by atoms with Gasteiger partial charge in [-0.15, -0.1) is 0 Å². The van der Waals surface area contributed by atoms with Crippen molar-refractivity contribution in [2.24, 2.45) is 17.6 Å². The number of hydrogen-bond donors (Lipinski definition) is 1. The molecule has 2 aliphatic rings. The van der Waals surface area contributed by atoms with Gasteiger partial charge in [-0.3, -0.25) is 4.79 Å². The van der Waals surface area contributed by atoms with Crippen LogP contribution in [0.3, 0.4) is 0 Å². The summed E-state index contributed by atoms with van der Waals surface area (Å²) in [7, 11) is 0. The molecule has 5 heteroatoms. The van der Waals surface area contributed by atoms with E-state index in [2.05, 4.69) is 15.9 Å². The molecule has 3 rings (SSSR count). The average molecular weight is 367 g/mol. The van der Waals surface area contributed by atoms with Crippen molar-refractivity contribution < 1.29 is 9.53 Å². The molecule has 0 bridgehead atoms. The molecule has 1 aromatic carbocycles. The van der Waals surface area contributed by atoms with E-state index in [0.717, 1.165) is 29.7 Å². The summed E-state index contributed by atoms with van der Waals surface area (Å²) in [4.78, 5) is 14.3. The SMILES string of the molecule is Cc1ccc(OCCC(=O)N2CC3CCC(N)C3C2)c(Br)c1. The lowest BCUT2D eigenvalue weighted by Gasteiger charge is -2.19. The zero-order valence-electron chi connectivity index (χ0n) is 12.9. The van der Waals surface area contributed by atoms with Gasteiger partial charge in [-0.1, -0.05) is 6.07 Å². The highest BCUT2D eigenvalue weighted by Crippen LogP contribution is 2.37. The van der Waals surface area contributed by atoms with Gasteiger partial charge in [-0.25, -0.2) is 0 Å². The number of ether oxygens (including phenoxy) is 1. The zero-order valence-corrected chi connectivity index (χ0v) is 14.5. The van der Waals surface area contributed by atoms with Crippen LogP contribution in [0.25, 0.3) is 0 Å². The number of hydrogen-bond acceptors (Lipinski definition) is 3. The van der Waals surface area contributed by atoms with Crippen LogP contribution in [0.4, 0.5) is 0 Å². The molecule has 1 heterocycles. The highest BCUT2D eigenvalue weighted by molar-refractivity contribution is 9.10. The Bertz CT molecular complexity index is 564. The van der Waals surface area contributed by atoms with Gasteiger partial charge in [-0.2, -0.15) is 0 Å². The lowest BCUT2D eigenvalue weighted by atomic mass is 9.98. The molecule has 1 aromatic rings. The summed E-state index contributed by atoms with van der Waals surface area (Å²) in [6.45, 7) is 4.16. The number of nitrogens with two attached hydrogens (primary N) is 1. The molecule has 0 spiro atoms. The number of aryl methyl sites for hydroxylation is 1. The van der Waals surface area contributed by atoms with Crippen LogP contribution in [0.15, 0.2) is 22.7 Å². The molecular formula is C17H23BrN2O2. The molecule has 1 saturated carbocycles. The topological polar surface area (TPSA) is 55.6 Å². The van der Waals surface area contributed by atoms with Gasteiger partial charge < -0.3 is 15.4 Å². The van der Waals surface area contributed by atoms with E-state index in [1.807, 2.05) is 30.0 Å². The van der Waals surface area contributed by atoms with E-state index in [9.17, 15) is 4.79 Å². The number of benzene rings is 1. The van der Waals surface area contributed by atoms with Gasteiger partial charge in [0.05, 0.1) is 17.5 Å². The first-order valence-electron chi connectivity index (χ1n) is 7.97. The van der Waals surface area contributed by atoms with Crippen LogP contribution >= 0.6 is 15.9 Å². The number of carbonyl (C=O) groups is 1. The second-order valence-corrected chi connectivity index (χ2v) is 7.35. The molecular weight excluding hydrogens is 344 g/mol. The molecule has 22 heavy (non-hydrogen) atoms. The maximum Gasteiger partial charge on any atom is 0.226 e. The highest BCUT2D eigenvalue weighted by Gasteiger charge is 2.42. The quantitative estimate of drug-likeness (QED) is 0.890. The summed E-state index contributed by atoms with van der Waals surface area (Å²) in [6, 6.07) is 6.23. The molecule has 1 amide bonds. The van der Waals surface area contributed by atoms with E-state index >= 15 is 0 Å². The van der Waals surface area contributed by atoms with Gasteiger partial charge >= 0.3 is 0 Å². The minimum Gasteiger partial charge on any atom is -0.492 e. The first-order valence-corrected chi connectivity index (χ1v) is 8.76. The molecule has 120 valence electrons. The highest BCUT2D eigenvalue weighted by atomic mass is 79.9. The minimum atomic E-state index is 0.185. The molecule has 3 unspecified atom stereocenters. The van der Waals surface area contributed by atoms with Crippen LogP contribution < -0.4 is 10.5 Å². The van der Waals surface area contributed by atoms with Crippen LogP contribution in [0.5, 0.6) is 5.75 Å². The number of nitrogens with zero attached hydrogens (tertiary/aromatic N) is 1. The van der Waals surface area contributed by atoms with Crippen LogP contribution in [-0.2, 0) is 4.79 Å². The largest absolute Gasteiger partial charge is 0.492 e. The molecule has 2 fully saturated rings. The normalized spacial score (nSPS) is 27.0. The Morgan fingerprint density at radius 2 is 2.23 bits per heavy atom. The number of halogens is 1. The van der Waals surface area contributed by atoms with E-state index in [1.165, 1.54) is 12.0 Å². The third-order valence-corrected chi connectivity index (χ3v) is 5.55. The third-order valence-electron chi connectivity index (χ3n) is 4.93. The third kappa shape index (κ3) is 3.30. The number of likely N-dealkylation sites (tertiary alicyclic amines) is 1. The smallest absolute Gasteiger partial charge is 0.226 e. The molecule has 4 nitrogen and oxygen atoms in total. The minimum absolute atomic E-state index is 0.185. The zero-order chi connectivity index (χ0) is 15.7. The molecule has 1 aliphatic heterocycles. The van der Waals surface area contributed by atoms with E-state index < -0.39 is 0 Å². The van der Waals surface area contributed by atoms with Crippen molar-refractivity contribution in [3.8, 4) is 5.75 Å². The van der Waals surface area contributed by atoms with Crippen molar-refractivity contribution in [1.29, 1.82) is 0 Å². The predicted molar refractivity (Wildman–Crippen MR) is 89.8 cm³/mol. The van der Waals surface area contributed by atoms with Crippen molar-refractivity contribution in [3.63, 3.8) is 0 Å². The van der Waals surface area contributed by atoms with Gasteiger partial charge in [0.25, 0.3) is 0 Å². The monoisotopic (exact) mass is 366 g/mol. The Balaban J connectivity index is 1.47. The summed E-state index contributed by atoms with van der Waals surface area (Å²) in [5, 5.41) is 0. The molecule has 2 N–H and O–H groups in total. The van der Waals surface area contributed by atoms with Crippen molar-refractivity contribution in [3.05, 3.63) is 28.2 Å². The van der Waals surface area contributed by atoms with Gasteiger partial charge in [0.2, 0.25) is 5.91 Å². The summed E-state index contributed by atoms with van der Waals surface area (Å²) in [5.41, 5.74) is 7.30. The van der Waals surface area contributed by atoms with Gasteiger partial charge in [0.15, 0.2) is 0 Å². The Hall–Kier alpha value is -1.07. The fourth-order valence-corrected chi connectivity index (χ4v) is 4.25. The number of fused-ring (bicyclic) bond motifs is 1. The fraction of sp³-hybridized carbons (Fsp3) is 0.588. The molecule has 0 aromatic heterocycles. The average Bonchev–Trinajstić information content (AvgIpc) is 3.04. The fourth-order valence-electron chi connectivity index (χ4n) is 3.64. The first-order chi connectivity index (χ1) is 10.5. The standard InChI is InChI=1S/C17H23BrN2O2/c1-11-2-5-16(14(18)8-11)22-7-6-17(21)20-9-12-3-4-15(19)13(12)10-20/h2,5,8,12-13,15H,3-4,6-7,9-10,19H2,1H3. The molecule has 1 aliphatic carbocycles. The van der Waals surface area contributed by atoms with Crippen LogP contribution in [-0.4, -0.2) is 36.5 Å². The van der Waals surface area contributed by atoms with E-state index in [0.29, 0.717) is 24.9 Å². The second kappa shape index (κ2) is 6.59. The molecule has 0 radical (unpaired) electrons. The van der Waals surface area contributed by atoms with Crippen molar-refractivity contribution in [2.45, 2.75) is 32.2 Å².